The number of hydrogen-bond acceptors (Lipinski definition) is 4. The summed E-state index contributed by atoms with van der Waals surface area (Å²) >= 11 is 3.54. The van der Waals surface area contributed by atoms with Crippen LogP contribution in [-0.4, -0.2) is 57.2 Å². The highest BCUT2D eigenvalue weighted by Gasteiger charge is 2.25. The lowest BCUT2D eigenvalue weighted by atomic mass is 10.1. The Morgan fingerprint density at radius 1 is 1.41 bits per heavy atom. The fraction of sp³-hybridized carbons (Fsp3) is 0.529. The largest absolute Gasteiger partial charge is 0.496 e. The van der Waals surface area contributed by atoms with Crippen molar-refractivity contribution in [3.8, 4) is 11.5 Å². The van der Waals surface area contributed by atoms with E-state index in [1.54, 1.807) is 14.2 Å². The number of ether oxygens (including phenoxy) is 2. The van der Waals surface area contributed by atoms with Crippen molar-refractivity contribution in [1.29, 1.82) is 0 Å². The van der Waals surface area contributed by atoms with Gasteiger partial charge in [0.05, 0.1) is 24.3 Å². The van der Waals surface area contributed by atoms with E-state index in [9.17, 15) is 0 Å². The quantitative estimate of drug-likeness (QED) is 0.767. The summed E-state index contributed by atoms with van der Waals surface area (Å²) in [4.78, 5) is 4.61. The second kappa shape index (κ2) is 7.38. The van der Waals surface area contributed by atoms with Crippen molar-refractivity contribution in [2.24, 2.45) is 0 Å². The minimum Gasteiger partial charge on any atom is -0.496 e. The molecule has 1 aromatic rings. The smallest absolute Gasteiger partial charge is 0.146 e. The molecule has 0 radical (unpaired) electrons. The molecule has 0 aliphatic carbocycles. The van der Waals surface area contributed by atoms with Crippen molar-refractivity contribution in [3.05, 3.63) is 28.7 Å². The lowest BCUT2D eigenvalue weighted by Gasteiger charge is -2.30. The van der Waals surface area contributed by atoms with Crippen LogP contribution in [0.1, 0.15) is 18.4 Å². The number of hydrogen-bond donors (Lipinski definition) is 0. The van der Waals surface area contributed by atoms with Gasteiger partial charge in [-0.05, 0) is 54.5 Å². The van der Waals surface area contributed by atoms with Crippen LogP contribution >= 0.6 is 15.9 Å². The molecule has 1 aliphatic rings. The molecule has 4 nitrogen and oxygen atoms in total. The standard InChI is InChI=1S/C17H25BrN2O2/c1-12(20(3)11-13-7-6-10-19(13)2)16-15(21-4)9-8-14(18)17(16)22-5/h8-9,13H,1,6-7,10-11H2,2-5H3. The Balaban J connectivity index is 2.26. The predicted molar refractivity (Wildman–Crippen MR) is 94.6 cm³/mol. The molecule has 22 heavy (non-hydrogen) atoms. The Morgan fingerprint density at radius 2 is 2.14 bits per heavy atom. The minimum absolute atomic E-state index is 0.575. The number of likely N-dealkylation sites (tertiary alicyclic amines) is 1. The van der Waals surface area contributed by atoms with Gasteiger partial charge in [0, 0.05) is 25.3 Å². The highest BCUT2D eigenvalue weighted by Crippen LogP contribution is 2.40. The second-order valence-corrected chi connectivity index (χ2v) is 6.62. The van der Waals surface area contributed by atoms with E-state index in [1.807, 2.05) is 12.1 Å². The lowest BCUT2D eigenvalue weighted by Crippen LogP contribution is -2.35. The van der Waals surface area contributed by atoms with Gasteiger partial charge in [0.15, 0.2) is 0 Å². The first-order valence-corrected chi connectivity index (χ1v) is 8.30. The number of nitrogens with zero attached hydrogens (tertiary/aromatic N) is 2. The van der Waals surface area contributed by atoms with Crippen LogP contribution < -0.4 is 9.47 Å². The van der Waals surface area contributed by atoms with Crippen molar-refractivity contribution in [3.63, 3.8) is 0 Å². The molecule has 2 rings (SSSR count). The summed E-state index contributed by atoms with van der Waals surface area (Å²) in [7, 11) is 7.61. The summed E-state index contributed by atoms with van der Waals surface area (Å²) in [5.74, 6) is 1.53. The first kappa shape index (κ1) is 17.2. The summed E-state index contributed by atoms with van der Waals surface area (Å²) in [6.07, 6.45) is 2.51. The number of rotatable bonds is 6. The van der Waals surface area contributed by atoms with Crippen molar-refractivity contribution >= 4 is 21.6 Å². The van der Waals surface area contributed by atoms with Gasteiger partial charge >= 0.3 is 0 Å². The minimum atomic E-state index is 0.575. The molecule has 1 heterocycles. The van der Waals surface area contributed by atoms with E-state index in [2.05, 4.69) is 46.4 Å². The summed E-state index contributed by atoms with van der Waals surface area (Å²) < 4.78 is 12.0. The molecule has 1 fully saturated rings. The topological polar surface area (TPSA) is 24.9 Å². The number of benzene rings is 1. The Morgan fingerprint density at radius 3 is 2.68 bits per heavy atom. The van der Waals surface area contributed by atoms with Gasteiger partial charge in [0.1, 0.15) is 11.5 Å². The SMILES string of the molecule is C=C(c1c(OC)ccc(Br)c1OC)N(C)CC1CCCN1C. The molecule has 0 aromatic heterocycles. The normalized spacial score (nSPS) is 18.3. The Hall–Kier alpha value is -1.20. The maximum absolute atomic E-state index is 5.56. The van der Waals surface area contributed by atoms with Crippen molar-refractivity contribution in [1.82, 2.24) is 9.80 Å². The van der Waals surface area contributed by atoms with Crippen LogP contribution in [0.3, 0.4) is 0 Å². The third kappa shape index (κ3) is 3.41. The first-order chi connectivity index (χ1) is 10.5. The average molecular weight is 369 g/mol. The maximum Gasteiger partial charge on any atom is 0.146 e. The highest BCUT2D eigenvalue weighted by atomic mass is 79.9. The summed E-state index contributed by atoms with van der Waals surface area (Å²) in [5, 5.41) is 0. The van der Waals surface area contributed by atoms with Crippen LogP contribution in [0.2, 0.25) is 0 Å². The molecular weight excluding hydrogens is 344 g/mol. The maximum atomic E-state index is 5.56. The van der Waals surface area contributed by atoms with E-state index < -0.39 is 0 Å². The van der Waals surface area contributed by atoms with Crippen LogP contribution in [0, 0.1) is 0 Å². The molecule has 122 valence electrons. The summed E-state index contributed by atoms with van der Waals surface area (Å²) in [5.41, 5.74) is 1.82. The number of likely N-dealkylation sites (N-methyl/N-ethyl adjacent to an activating group) is 2. The van der Waals surface area contributed by atoms with Gasteiger partial charge in [-0.25, -0.2) is 0 Å². The molecule has 0 bridgehead atoms. The molecule has 1 atom stereocenters. The second-order valence-electron chi connectivity index (χ2n) is 5.76. The van der Waals surface area contributed by atoms with Crippen molar-refractivity contribution < 1.29 is 9.47 Å². The highest BCUT2D eigenvalue weighted by molar-refractivity contribution is 9.10. The van der Waals surface area contributed by atoms with Crippen LogP contribution in [0.4, 0.5) is 0 Å². The van der Waals surface area contributed by atoms with E-state index in [-0.39, 0.29) is 0 Å². The van der Waals surface area contributed by atoms with Gasteiger partial charge in [0.2, 0.25) is 0 Å². The molecule has 0 N–H and O–H groups in total. The molecule has 0 saturated carbocycles. The van der Waals surface area contributed by atoms with Gasteiger partial charge in [-0.2, -0.15) is 0 Å². The zero-order chi connectivity index (χ0) is 16.3. The zero-order valence-corrected chi connectivity index (χ0v) is 15.4. The third-order valence-electron chi connectivity index (χ3n) is 4.40. The van der Waals surface area contributed by atoms with Crippen LogP contribution in [0.25, 0.3) is 5.70 Å². The van der Waals surface area contributed by atoms with Crippen LogP contribution in [-0.2, 0) is 0 Å². The van der Waals surface area contributed by atoms with Gasteiger partial charge in [-0.1, -0.05) is 6.58 Å². The Labute approximate surface area is 141 Å². The van der Waals surface area contributed by atoms with Crippen LogP contribution in [0.5, 0.6) is 11.5 Å². The van der Waals surface area contributed by atoms with Gasteiger partial charge < -0.3 is 19.3 Å². The van der Waals surface area contributed by atoms with E-state index in [0.29, 0.717) is 6.04 Å². The molecule has 1 aliphatic heterocycles. The van der Waals surface area contributed by atoms with Crippen molar-refractivity contribution in [2.45, 2.75) is 18.9 Å². The number of halogens is 1. The van der Waals surface area contributed by atoms with Gasteiger partial charge in [0.25, 0.3) is 0 Å². The zero-order valence-electron chi connectivity index (χ0n) is 13.9. The Kier molecular flexibility index (Phi) is 5.75. The Bertz CT molecular complexity index is 548. The van der Waals surface area contributed by atoms with E-state index in [0.717, 1.165) is 33.8 Å². The number of methoxy groups -OCH3 is 2. The fourth-order valence-electron chi connectivity index (χ4n) is 3.01. The monoisotopic (exact) mass is 368 g/mol. The average Bonchev–Trinajstić information content (AvgIpc) is 2.91. The van der Waals surface area contributed by atoms with Gasteiger partial charge in [-0.3, -0.25) is 0 Å². The molecule has 0 amide bonds. The molecule has 0 spiro atoms. The summed E-state index contributed by atoms with van der Waals surface area (Å²) in [6, 6.07) is 4.44. The predicted octanol–water partition coefficient (Wildman–Crippen LogP) is 3.46. The third-order valence-corrected chi connectivity index (χ3v) is 5.03. The first-order valence-electron chi connectivity index (χ1n) is 7.50. The van der Waals surface area contributed by atoms with E-state index in [4.69, 9.17) is 9.47 Å². The molecule has 1 unspecified atom stereocenters. The van der Waals surface area contributed by atoms with Crippen LogP contribution in [0.15, 0.2) is 23.2 Å². The van der Waals surface area contributed by atoms with E-state index in [1.165, 1.54) is 19.4 Å². The fourth-order valence-corrected chi connectivity index (χ4v) is 3.50. The molecular formula is C17H25BrN2O2. The molecule has 1 aromatic carbocycles. The van der Waals surface area contributed by atoms with Gasteiger partial charge in [-0.15, -0.1) is 0 Å². The molecule has 1 saturated heterocycles. The van der Waals surface area contributed by atoms with Crippen molar-refractivity contribution in [2.75, 3.05) is 41.4 Å². The lowest BCUT2D eigenvalue weighted by molar-refractivity contribution is 0.262. The molecule has 5 heteroatoms. The van der Waals surface area contributed by atoms with E-state index >= 15 is 0 Å². The summed E-state index contributed by atoms with van der Waals surface area (Å²) in [6.45, 7) is 6.40.